The van der Waals surface area contributed by atoms with E-state index in [1.165, 1.54) is 0 Å². The highest BCUT2D eigenvalue weighted by molar-refractivity contribution is 6.31. The number of fused-ring (bicyclic) bond motifs is 1. The first kappa shape index (κ1) is 11.4. The van der Waals surface area contributed by atoms with Gasteiger partial charge < -0.3 is 9.88 Å². The molecular weight excluding hydrogens is 222 g/mol. The smallest absolute Gasteiger partial charge is 0.126 e. The van der Waals surface area contributed by atoms with Crippen LogP contribution in [0.15, 0.2) is 18.2 Å². The molecule has 86 valence electrons. The topological polar surface area (TPSA) is 29.9 Å². The van der Waals surface area contributed by atoms with Gasteiger partial charge in [0.05, 0.1) is 17.1 Å². The fraction of sp³-hybridized carbons (Fsp3) is 0.417. The molecule has 0 radical (unpaired) electrons. The molecule has 0 aliphatic heterocycles. The van der Waals surface area contributed by atoms with E-state index in [1.807, 2.05) is 32.3 Å². The summed E-state index contributed by atoms with van der Waals surface area (Å²) in [6, 6.07) is 6.08. The molecule has 1 N–H and O–H groups in total. The molecule has 4 heteroatoms. The number of imidazole rings is 1. The van der Waals surface area contributed by atoms with Crippen LogP contribution in [0.1, 0.15) is 25.2 Å². The third-order valence-electron chi connectivity index (χ3n) is 2.95. The third-order valence-corrected chi connectivity index (χ3v) is 3.18. The molecular formula is C12H16ClN3. The Hall–Kier alpha value is -1.06. The minimum Gasteiger partial charge on any atom is -0.330 e. The number of aryl methyl sites for hydroxylation is 1. The summed E-state index contributed by atoms with van der Waals surface area (Å²) < 4.78 is 2.10. The Balaban J connectivity index is 2.59. The lowest BCUT2D eigenvalue weighted by atomic mass is 10.2. The molecule has 0 aliphatic rings. The zero-order valence-electron chi connectivity index (χ0n) is 9.79. The molecule has 1 atom stereocenters. The van der Waals surface area contributed by atoms with Gasteiger partial charge in [-0.2, -0.15) is 0 Å². The lowest BCUT2D eigenvalue weighted by Gasteiger charge is -2.13. The zero-order valence-corrected chi connectivity index (χ0v) is 10.5. The van der Waals surface area contributed by atoms with Crippen molar-refractivity contribution in [2.24, 2.45) is 7.05 Å². The summed E-state index contributed by atoms with van der Waals surface area (Å²) in [5.74, 6) is 1.06. The summed E-state index contributed by atoms with van der Waals surface area (Å²) in [7, 11) is 3.99. The standard InChI is InChI=1S/C12H16ClN3/c1-4-9(14-2)12-15-10-6-5-8(13)7-11(10)16(12)3/h5-7,9,14H,4H2,1-3H3. The molecule has 2 aromatic rings. The van der Waals surface area contributed by atoms with Crippen molar-refractivity contribution < 1.29 is 0 Å². The van der Waals surface area contributed by atoms with E-state index >= 15 is 0 Å². The van der Waals surface area contributed by atoms with Gasteiger partial charge in [-0.1, -0.05) is 18.5 Å². The van der Waals surface area contributed by atoms with Crippen LogP contribution in [0.5, 0.6) is 0 Å². The largest absolute Gasteiger partial charge is 0.330 e. The van der Waals surface area contributed by atoms with Crippen molar-refractivity contribution in [2.75, 3.05) is 7.05 Å². The molecule has 1 heterocycles. The van der Waals surface area contributed by atoms with Crippen molar-refractivity contribution in [3.8, 4) is 0 Å². The fourth-order valence-corrected chi connectivity index (χ4v) is 2.18. The Bertz CT molecular complexity index is 500. The molecule has 0 saturated heterocycles. The van der Waals surface area contributed by atoms with E-state index < -0.39 is 0 Å². The van der Waals surface area contributed by atoms with Gasteiger partial charge in [0, 0.05) is 12.1 Å². The quantitative estimate of drug-likeness (QED) is 0.890. The third kappa shape index (κ3) is 1.81. The molecule has 0 aliphatic carbocycles. The number of benzene rings is 1. The molecule has 1 aromatic carbocycles. The van der Waals surface area contributed by atoms with E-state index in [1.54, 1.807) is 0 Å². The van der Waals surface area contributed by atoms with E-state index in [9.17, 15) is 0 Å². The van der Waals surface area contributed by atoms with Crippen LogP contribution >= 0.6 is 11.6 Å². The van der Waals surface area contributed by atoms with Crippen LogP contribution < -0.4 is 5.32 Å². The second kappa shape index (κ2) is 4.44. The average molecular weight is 238 g/mol. The monoisotopic (exact) mass is 237 g/mol. The summed E-state index contributed by atoms with van der Waals surface area (Å²) in [5.41, 5.74) is 2.08. The van der Waals surface area contributed by atoms with Crippen molar-refractivity contribution in [3.63, 3.8) is 0 Å². The summed E-state index contributed by atoms with van der Waals surface area (Å²) in [4.78, 5) is 4.64. The van der Waals surface area contributed by atoms with Crippen LogP contribution in [0.25, 0.3) is 11.0 Å². The predicted molar refractivity (Wildman–Crippen MR) is 67.8 cm³/mol. The maximum atomic E-state index is 5.99. The first-order valence-corrected chi connectivity index (χ1v) is 5.84. The van der Waals surface area contributed by atoms with E-state index in [0.29, 0.717) is 0 Å². The van der Waals surface area contributed by atoms with Crippen LogP contribution in [-0.4, -0.2) is 16.6 Å². The number of aromatic nitrogens is 2. The Morgan fingerprint density at radius 2 is 2.25 bits per heavy atom. The van der Waals surface area contributed by atoms with E-state index in [-0.39, 0.29) is 6.04 Å². The lowest BCUT2D eigenvalue weighted by molar-refractivity contribution is 0.529. The molecule has 0 bridgehead atoms. The highest BCUT2D eigenvalue weighted by atomic mass is 35.5. The SMILES string of the molecule is CCC(NC)c1nc2ccc(Cl)cc2n1C. The van der Waals surface area contributed by atoms with Crippen LogP contribution in [0, 0.1) is 0 Å². The van der Waals surface area contributed by atoms with Gasteiger partial charge in [-0.05, 0) is 31.7 Å². The number of nitrogens with zero attached hydrogens (tertiary/aromatic N) is 2. The Morgan fingerprint density at radius 1 is 1.50 bits per heavy atom. The van der Waals surface area contributed by atoms with Gasteiger partial charge in [-0.25, -0.2) is 4.98 Å². The summed E-state index contributed by atoms with van der Waals surface area (Å²) in [6.07, 6.45) is 1.02. The van der Waals surface area contributed by atoms with Gasteiger partial charge in [0.2, 0.25) is 0 Å². The molecule has 0 fully saturated rings. The van der Waals surface area contributed by atoms with Crippen molar-refractivity contribution >= 4 is 22.6 Å². The number of hydrogen-bond acceptors (Lipinski definition) is 2. The van der Waals surface area contributed by atoms with Crippen molar-refractivity contribution in [3.05, 3.63) is 29.0 Å². The van der Waals surface area contributed by atoms with Crippen LogP contribution in [0.4, 0.5) is 0 Å². The number of hydrogen-bond donors (Lipinski definition) is 1. The summed E-state index contributed by atoms with van der Waals surface area (Å²) in [6.45, 7) is 2.15. The predicted octanol–water partition coefficient (Wildman–Crippen LogP) is 2.90. The molecule has 16 heavy (non-hydrogen) atoms. The van der Waals surface area contributed by atoms with E-state index in [0.717, 1.165) is 28.3 Å². The van der Waals surface area contributed by atoms with E-state index in [2.05, 4.69) is 21.8 Å². The molecule has 1 aromatic heterocycles. The first-order valence-electron chi connectivity index (χ1n) is 5.46. The molecule has 2 rings (SSSR count). The normalized spacial score (nSPS) is 13.2. The molecule has 1 unspecified atom stereocenters. The molecule has 0 saturated carbocycles. The minimum absolute atomic E-state index is 0.288. The second-order valence-electron chi connectivity index (χ2n) is 3.91. The molecule has 0 amide bonds. The van der Waals surface area contributed by atoms with Gasteiger partial charge in [0.25, 0.3) is 0 Å². The second-order valence-corrected chi connectivity index (χ2v) is 4.35. The van der Waals surface area contributed by atoms with Crippen molar-refractivity contribution in [2.45, 2.75) is 19.4 Å². The number of nitrogens with one attached hydrogen (secondary N) is 1. The Morgan fingerprint density at radius 3 is 2.88 bits per heavy atom. The Labute approximate surface area is 100 Å². The van der Waals surface area contributed by atoms with Gasteiger partial charge >= 0.3 is 0 Å². The Kier molecular flexibility index (Phi) is 3.17. The highest BCUT2D eigenvalue weighted by Gasteiger charge is 2.15. The maximum Gasteiger partial charge on any atom is 0.126 e. The van der Waals surface area contributed by atoms with Crippen LogP contribution in [0.3, 0.4) is 0 Å². The number of halogens is 1. The molecule has 0 spiro atoms. The summed E-state index contributed by atoms with van der Waals surface area (Å²) >= 11 is 5.99. The van der Waals surface area contributed by atoms with Crippen LogP contribution in [0.2, 0.25) is 5.02 Å². The average Bonchev–Trinajstić information content (AvgIpc) is 2.59. The minimum atomic E-state index is 0.288. The van der Waals surface area contributed by atoms with Gasteiger partial charge in [0.1, 0.15) is 5.82 Å². The van der Waals surface area contributed by atoms with Gasteiger partial charge in [-0.15, -0.1) is 0 Å². The zero-order chi connectivity index (χ0) is 11.7. The molecule has 3 nitrogen and oxygen atoms in total. The number of rotatable bonds is 3. The van der Waals surface area contributed by atoms with Crippen molar-refractivity contribution in [1.29, 1.82) is 0 Å². The van der Waals surface area contributed by atoms with Gasteiger partial charge in [0.15, 0.2) is 0 Å². The highest BCUT2D eigenvalue weighted by Crippen LogP contribution is 2.23. The fourth-order valence-electron chi connectivity index (χ4n) is 2.01. The summed E-state index contributed by atoms with van der Waals surface area (Å²) in [5, 5.41) is 4.02. The van der Waals surface area contributed by atoms with Gasteiger partial charge in [-0.3, -0.25) is 0 Å². The lowest BCUT2D eigenvalue weighted by Crippen LogP contribution is -2.19. The van der Waals surface area contributed by atoms with Crippen molar-refractivity contribution in [1.82, 2.24) is 14.9 Å². The van der Waals surface area contributed by atoms with Crippen LogP contribution in [-0.2, 0) is 7.05 Å². The first-order chi connectivity index (χ1) is 7.67. The maximum absolute atomic E-state index is 5.99. The van der Waals surface area contributed by atoms with E-state index in [4.69, 9.17) is 11.6 Å².